The van der Waals surface area contributed by atoms with Crippen molar-refractivity contribution in [3.05, 3.63) is 29.3 Å². The summed E-state index contributed by atoms with van der Waals surface area (Å²) in [7, 11) is -3.48. The Balaban J connectivity index is 2.11. The largest absolute Gasteiger partial charge is 0.377 e. The lowest BCUT2D eigenvalue weighted by molar-refractivity contribution is -0.116. The topological polar surface area (TPSA) is 75.7 Å². The summed E-state index contributed by atoms with van der Waals surface area (Å²) >= 11 is 0. The number of carbonyl (C=O) groups is 1. The van der Waals surface area contributed by atoms with Crippen LogP contribution >= 0.6 is 0 Å². The van der Waals surface area contributed by atoms with Crippen LogP contribution in [-0.4, -0.2) is 50.7 Å². The molecule has 0 spiro atoms. The van der Waals surface area contributed by atoms with E-state index in [4.69, 9.17) is 4.74 Å². The second-order valence-corrected chi connectivity index (χ2v) is 8.38. The Hall–Kier alpha value is -1.44. The molecule has 1 amide bonds. The minimum Gasteiger partial charge on any atom is -0.377 e. The molecule has 1 fully saturated rings. The number of sulfonamides is 1. The van der Waals surface area contributed by atoms with Crippen molar-refractivity contribution in [1.82, 2.24) is 4.31 Å². The minimum atomic E-state index is -3.48. The molecule has 7 heteroatoms. The van der Waals surface area contributed by atoms with Gasteiger partial charge in [0.05, 0.1) is 18.9 Å². The molecule has 1 saturated heterocycles. The van der Waals surface area contributed by atoms with E-state index in [0.717, 1.165) is 48.8 Å². The first-order valence-corrected chi connectivity index (χ1v) is 10.7. The van der Waals surface area contributed by atoms with Crippen molar-refractivity contribution in [2.45, 2.75) is 45.6 Å². The van der Waals surface area contributed by atoms with Crippen LogP contribution in [0.25, 0.3) is 0 Å². The van der Waals surface area contributed by atoms with Gasteiger partial charge in [-0.1, -0.05) is 32.0 Å². The van der Waals surface area contributed by atoms with Crippen molar-refractivity contribution in [3.8, 4) is 0 Å². The highest BCUT2D eigenvalue weighted by Crippen LogP contribution is 2.23. The molecule has 25 heavy (non-hydrogen) atoms. The van der Waals surface area contributed by atoms with Crippen molar-refractivity contribution in [2.75, 3.05) is 31.3 Å². The minimum absolute atomic E-state index is 0.128. The predicted octanol–water partition coefficient (Wildman–Crippen LogP) is 2.19. The second-order valence-electron chi connectivity index (χ2n) is 6.40. The zero-order valence-electron chi connectivity index (χ0n) is 15.2. The van der Waals surface area contributed by atoms with Crippen LogP contribution in [0.3, 0.4) is 0 Å². The van der Waals surface area contributed by atoms with Crippen molar-refractivity contribution in [1.29, 1.82) is 0 Å². The van der Waals surface area contributed by atoms with E-state index < -0.39 is 10.0 Å². The number of hydrogen-bond acceptors (Lipinski definition) is 4. The Morgan fingerprint density at radius 1 is 1.28 bits per heavy atom. The lowest BCUT2D eigenvalue weighted by Crippen LogP contribution is -2.41. The molecule has 0 bridgehead atoms. The lowest BCUT2D eigenvalue weighted by atomic mass is 10.0. The molecule has 0 aliphatic carbocycles. The first kappa shape index (κ1) is 19.9. The van der Waals surface area contributed by atoms with Gasteiger partial charge in [-0.25, -0.2) is 8.42 Å². The number of hydrogen-bond donors (Lipinski definition) is 1. The Kier molecular flexibility index (Phi) is 6.98. The van der Waals surface area contributed by atoms with Gasteiger partial charge in [0, 0.05) is 18.8 Å². The molecule has 0 aromatic heterocycles. The summed E-state index contributed by atoms with van der Waals surface area (Å²) in [4.78, 5) is 12.5. The van der Waals surface area contributed by atoms with Crippen LogP contribution in [0.1, 0.15) is 37.8 Å². The van der Waals surface area contributed by atoms with Crippen molar-refractivity contribution in [3.63, 3.8) is 0 Å². The van der Waals surface area contributed by atoms with Gasteiger partial charge in [0.1, 0.15) is 0 Å². The fraction of sp³-hybridized carbons (Fsp3) is 0.611. The van der Waals surface area contributed by atoms with E-state index in [0.29, 0.717) is 6.61 Å². The number of anilines is 1. The molecule has 6 nitrogen and oxygen atoms in total. The van der Waals surface area contributed by atoms with Crippen molar-refractivity contribution in [2.24, 2.45) is 0 Å². The summed E-state index contributed by atoms with van der Waals surface area (Å²) in [6, 6.07) is 5.94. The van der Waals surface area contributed by atoms with Crippen LogP contribution < -0.4 is 5.32 Å². The number of nitrogens with one attached hydrogen (secondary N) is 1. The van der Waals surface area contributed by atoms with Gasteiger partial charge in [-0.3, -0.25) is 4.79 Å². The second kappa shape index (κ2) is 8.78. The number of amides is 1. The van der Waals surface area contributed by atoms with Gasteiger partial charge in [0.2, 0.25) is 15.9 Å². The van der Waals surface area contributed by atoms with Crippen LogP contribution in [-0.2, 0) is 32.4 Å². The molecule has 140 valence electrons. The van der Waals surface area contributed by atoms with Crippen molar-refractivity contribution < 1.29 is 17.9 Å². The summed E-state index contributed by atoms with van der Waals surface area (Å²) in [5, 5.41) is 2.92. The summed E-state index contributed by atoms with van der Waals surface area (Å²) in [5.41, 5.74) is 2.92. The molecule has 1 N–H and O–H groups in total. The van der Waals surface area contributed by atoms with E-state index in [9.17, 15) is 13.2 Å². The first-order chi connectivity index (χ1) is 11.8. The molecular weight excluding hydrogens is 340 g/mol. The van der Waals surface area contributed by atoms with Crippen LogP contribution in [0.5, 0.6) is 0 Å². The highest BCUT2D eigenvalue weighted by atomic mass is 32.2. The number of rotatable bonds is 8. The molecule has 0 saturated carbocycles. The average Bonchev–Trinajstić information content (AvgIpc) is 3.06. The standard InChI is InChI=1S/C18H28N2O4S/c1-4-14-8-6-9-15(5-2)18(14)19-17(21)13-20(25(3,22)23)12-16-10-7-11-24-16/h6,8-9,16H,4-5,7,10-13H2,1-3H3,(H,19,21). The van der Waals surface area contributed by atoms with Crippen LogP contribution in [0.4, 0.5) is 5.69 Å². The maximum Gasteiger partial charge on any atom is 0.239 e. The smallest absolute Gasteiger partial charge is 0.239 e. The Bertz CT molecular complexity index is 675. The number of benzene rings is 1. The van der Waals surface area contributed by atoms with E-state index in [2.05, 4.69) is 5.32 Å². The summed E-state index contributed by atoms with van der Waals surface area (Å²) in [6.45, 7) is 4.75. The zero-order valence-corrected chi connectivity index (χ0v) is 16.1. The molecule has 1 aromatic carbocycles. The van der Waals surface area contributed by atoms with Gasteiger partial charge in [0.25, 0.3) is 0 Å². The summed E-state index contributed by atoms with van der Waals surface area (Å²) < 4.78 is 30.8. The first-order valence-electron chi connectivity index (χ1n) is 8.82. The summed E-state index contributed by atoms with van der Waals surface area (Å²) in [5.74, 6) is -0.320. The number of carbonyl (C=O) groups excluding carboxylic acids is 1. The number of para-hydroxylation sites is 1. The van der Waals surface area contributed by atoms with Gasteiger partial charge < -0.3 is 10.1 Å². The molecule has 1 heterocycles. The fourth-order valence-electron chi connectivity index (χ4n) is 3.07. The molecule has 1 aromatic rings. The molecule has 2 rings (SSSR count). The van der Waals surface area contributed by atoms with Crippen LogP contribution in [0, 0.1) is 0 Å². The van der Waals surface area contributed by atoms with E-state index in [1.807, 2.05) is 32.0 Å². The van der Waals surface area contributed by atoms with Crippen molar-refractivity contribution >= 4 is 21.6 Å². The molecule has 1 atom stereocenters. The quantitative estimate of drug-likeness (QED) is 0.763. The lowest BCUT2D eigenvalue weighted by Gasteiger charge is -2.23. The average molecular weight is 368 g/mol. The van der Waals surface area contributed by atoms with E-state index in [1.54, 1.807) is 0 Å². The molecular formula is C18H28N2O4S. The molecule has 0 radical (unpaired) electrons. The monoisotopic (exact) mass is 368 g/mol. The third kappa shape index (κ3) is 5.52. The third-order valence-corrected chi connectivity index (χ3v) is 5.70. The number of nitrogens with zero attached hydrogens (tertiary/aromatic N) is 1. The Labute approximate surface area is 150 Å². The van der Waals surface area contributed by atoms with Gasteiger partial charge in [-0.05, 0) is 36.8 Å². The number of ether oxygens (including phenoxy) is 1. The van der Waals surface area contributed by atoms with Gasteiger partial charge >= 0.3 is 0 Å². The zero-order chi connectivity index (χ0) is 18.4. The van der Waals surface area contributed by atoms with E-state index in [1.165, 1.54) is 4.31 Å². The van der Waals surface area contributed by atoms with Gasteiger partial charge in [0.15, 0.2) is 0 Å². The fourth-order valence-corrected chi connectivity index (χ4v) is 3.86. The molecule has 1 aliphatic rings. The van der Waals surface area contributed by atoms with Crippen LogP contribution in [0.15, 0.2) is 18.2 Å². The summed E-state index contributed by atoms with van der Waals surface area (Å²) in [6.07, 6.45) is 4.36. The van der Waals surface area contributed by atoms with E-state index in [-0.39, 0.29) is 25.1 Å². The van der Waals surface area contributed by atoms with Crippen LogP contribution in [0.2, 0.25) is 0 Å². The molecule has 1 aliphatic heterocycles. The Morgan fingerprint density at radius 3 is 2.40 bits per heavy atom. The molecule has 1 unspecified atom stereocenters. The maximum atomic E-state index is 12.5. The van der Waals surface area contributed by atoms with Gasteiger partial charge in [-0.2, -0.15) is 4.31 Å². The highest BCUT2D eigenvalue weighted by molar-refractivity contribution is 7.88. The predicted molar refractivity (Wildman–Crippen MR) is 99.2 cm³/mol. The highest BCUT2D eigenvalue weighted by Gasteiger charge is 2.26. The Morgan fingerprint density at radius 2 is 1.92 bits per heavy atom. The number of aryl methyl sites for hydroxylation is 2. The SMILES string of the molecule is CCc1cccc(CC)c1NC(=O)CN(CC1CCCO1)S(C)(=O)=O. The maximum absolute atomic E-state index is 12.5. The normalized spacial score (nSPS) is 17.8. The van der Waals surface area contributed by atoms with Gasteiger partial charge in [-0.15, -0.1) is 0 Å². The third-order valence-electron chi connectivity index (χ3n) is 4.48. The van der Waals surface area contributed by atoms with E-state index >= 15 is 0 Å².